The molecule has 2 saturated carbocycles. The molecule has 2 aliphatic carbocycles. The molecule has 0 heterocycles. The van der Waals surface area contributed by atoms with Crippen molar-refractivity contribution in [1.29, 1.82) is 0 Å². The van der Waals surface area contributed by atoms with Gasteiger partial charge in [-0.3, -0.25) is 0 Å². The largest absolute Gasteiger partial charge is 0.497 e. The summed E-state index contributed by atoms with van der Waals surface area (Å²) in [6, 6.07) is 10.3. The van der Waals surface area contributed by atoms with Crippen LogP contribution in [0.4, 0.5) is 13.2 Å². The lowest BCUT2D eigenvalue weighted by Crippen LogP contribution is -2.25. The number of methoxy groups -OCH3 is 1. The second kappa shape index (κ2) is 9.67. The Balaban J connectivity index is 1.52. The summed E-state index contributed by atoms with van der Waals surface area (Å²) < 4.78 is 48.4. The first-order valence-corrected chi connectivity index (χ1v) is 11.7. The summed E-state index contributed by atoms with van der Waals surface area (Å²) in [5, 5.41) is 0. The van der Waals surface area contributed by atoms with E-state index in [9.17, 15) is 8.78 Å². The first kappa shape index (κ1) is 22.2. The van der Waals surface area contributed by atoms with Gasteiger partial charge in [-0.2, -0.15) is 0 Å². The number of halogens is 3. The Morgan fingerprint density at radius 2 is 1.39 bits per heavy atom. The summed E-state index contributed by atoms with van der Waals surface area (Å²) in [5.41, 5.74) is 0.928. The summed E-state index contributed by atoms with van der Waals surface area (Å²) >= 11 is 0. The van der Waals surface area contributed by atoms with E-state index in [1.165, 1.54) is 25.7 Å². The zero-order valence-corrected chi connectivity index (χ0v) is 18.5. The Morgan fingerprint density at radius 3 is 1.94 bits per heavy atom. The molecule has 0 aromatic heterocycles. The Labute approximate surface area is 184 Å². The van der Waals surface area contributed by atoms with Gasteiger partial charge < -0.3 is 4.74 Å². The van der Waals surface area contributed by atoms with Crippen molar-refractivity contribution in [2.45, 2.75) is 70.6 Å². The molecule has 4 rings (SSSR count). The molecule has 2 aromatic rings. The zero-order valence-electron chi connectivity index (χ0n) is 18.5. The van der Waals surface area contributed by atoms with E-state index in [-0.39, 0.29) is 11.5 Å². The van der Waals surface area contributed by atoms with Crippen molar-refractivity contribution >= 4 is 0 Å². The lowest BCUT2D eigenvalue weighted by Gasteiger charge is -2.37. The first-order valence-electron chi connectivity index (χ1n) is 11.7. The Kier molecular flexibility index (Phi) is 6.93. The molecule has 0 saturated heterocycles. The second-order valence-electron chi connectivity index (χ2n) is 9.59. The van der Waals surface area contributed by atoms with Crippen LogP contribution in [0.1, 0.15) is 81.8 Å². The highest BCUT2D eigenvalue weighted by molar-refractivity contribution is 5.67. The molecule has 2 aromatic carbocycles. The molecule has 0 amide bonds. The fraction of sp³-hybridized carbons (Fsp3) is 0.556. The van der Waals surface area contributed by atoms with Gasteiger partial charge in [-0.15, -0.1) is 0 Å². The van der Waals surface area contributed by atoms with Crippen molar-refractivity contribution in [3.8, 4) is 16.9 Å². The third kappa shape index (κ3) is 4.78. The van der Waals surface area contributed by atoms with Crippen molar-refractivity contribution in [3.63, 3.8) is 0 Å². The minimum atomic E-state index is -2.81. The minimum Gasteiger partial charge on any atom is -0.497 e. The number of rotatable bonds is 5. The zero-order chi connectivity index (χ0) is 22.0. The number of hydrogen-bond acceptors (Lipinski definition) is 1. The predicted octanol–water partition coefficient (Wildman–Crippen LogP) is 8.54. The van der Waals surface area contributed by atoms with E-state index < -0.39 is 17.8 Å². The molecule has 31 heavy (non-hydrogen) atoms. The fourth-order valence-corrected chi connectivity index (χ4v) is 5.84. The molecule has 0 bridgehead atoms. The van der Waals surface area contributed by atoms with Gasteiger partial charge in [0.05, 0.1) is 12.7 Å². The summed E-state index contributed by atoms with van der Waals surface area (Å²) in [5.74, 6) is 2.25. The lowest BCUT2D eigenvalue weighted by atomic mass is 9.68. The van der Waals surface area contributed by atoms with Crippen LogP contribution in [0.3, 0.4) is 0 Å². The van der Waals surface area contributed by atoms with E-state index in [0.29, 0.717) is 22.8 Å². The van der Waals surface area contributed by atoms with E-state index in [1.54, 1.807) is 43.5 Å². The molecular formula is C27H33F3O. The monoisotopic (exact) mass is 430 g/mol. The van der Waals surface area contributed by atoms with E-state index in [2.05, 4.69) is 6.92 Å². The standard InChI is InChI=1S/C27H33F3O/c1-17-3-5-18(6-4-17)19-7-9-20(10-8-19)23-15-16-24(26(28)25(23)27(29)30)21-11-13-22(31-2)14-12-21/h11-20,27H,3-10H2,1-2H3. The first-order chi connectivity index (χ1) is 15.0. The lowest BCUT2D eigenvalue weighted by molar-refractivity contribution is 0.141. The van der Waals surface area contributed by atoms with E-state index in [1.807, 2.05) is 0 Å². The van der Waals surface area contributed by atoms with Crippen LogP contribution in [-0.4, -0.2) is 7.11 Å². The Morgan fingerprint density at radius 1 is 0.806 bits per heavy atom. The number of hydrogen-bond donors (Lipinski definition) is 0. The third-order valence-corrected chi connectivity index (χ3v) is 7.77. The Hall–Kier alpha value is -1.97. The van der Waals surface area contributed by atoms with Crippen LogP contribution in [0, 0.1) is 23.6 Å². The van der Waals surface area contributed by atoms with E-state index in [4.69, 9.17) is 4.74 Å². The molecule has 0 radical (unpaired) electrons. The van der Waals surface area contributed by atoms with Crippen molar-refractivity contribution in [3.05, 3.63) is 53.3 Å². The predicted molar refractivity (Wildman–Crippen MR) is 119 cm³/mol. The maximum atomic E-state index is 15.3. The van der Waals surface area contributed by atoms with Crippen LogP contribution in [0.15, 0.2) is 36.4 Å². The second-order valence-corrected chi connectivity index (χ2v) is 9.59. The van der Waals surface area contributed by atoms with Gasteiger partial charge in [0, 0.05) is 5.56 Å². The van der Waals surface area contributed by atoms with Gasteiger partial charge in [0.25, 0.3) is 6.43 Å². The van der Waals surface area contributed by atoms with Crippen molar-refractivity contribution in [1.82, 2.24) is 0 Å². The van der Waals surface area contributed by atoms with Crippen LogP contribution in [0.2, 0.25) is 0 Å². The van der Waals surface area contributed by atoms with Crippen LogP contribution >= 0.6 is 0 Å². The maximum absolute atomic E-state index is 15.3. The maximum Gasteiger partial charge on any atom is 0.266 e. The number of alkyl halides is 2. The molecule has 2 aliphatic rings. The summed E-state index contributed by atoms with van der Waals surface area (Å²) in [7, 11) is 1.56. The molecule has 0 atom stereocenters. The van der Waals surface area contributed by atoms with Gasteiger partial charge in [-0.05, 0) is 85.5 Å². The third-order valence-electron chi connectivity index (χ3n) is 7.77. The molecule has 4 heteroatoms. The average Bonchev–Trinajstić information content (AvgIpc) is 2.79. The van der Waals surface area contributed by atoms with Gasteiger partial charge in [0.15, 0.2) is 0 Å². The summed E-state index contributed by atoms with van der Waals surface area (Å²) in [4.78, 5) is 0. The highest BCUT2D eigenvalue weighted by Gasteiger charge is 2.33. The minimum absolute atomic E-state index is 0.0298. The molecule has 0 unspecified atom stereocenters. The van der Waals surface area contributed by atoms with Crippen molar-refractivity contribution in [2.24, 2.45) is 17.8 Å². The van der Waals surface area contributed by atoms with Crippen LogP contribution < -0.4 is 4.74 Å². The molecule has 0 spiro atoms. The number of ether oxygens (including phenoxy) is 1. The highest BCUT2D eigenvalue weighted by atomic mass is 19.3. The SMILES string of the molecule is COc1ccc(-c2ccc(C3CCC(C4CCC(C)CC4)CC3)c(C(F)F)c2F)cc1. The summed E-state index contributed by atoms with van der Waals surface area (Å²) in [6.45, 7) is 2.34. The van der Waals surface area contributed by atoms with Gasteiger partial charge in [-0.25, -0.2) is 13.2 Å². The van der Waals surface area contributed by atoms with E-state index >= 15 is 4.39 Å². The molecule has 2 fully saturated rings. The molecule has 168 valence electrons. The van der Waals surface area contributed by atoms with E-state index in [0.717, 1.165) is 37.5 Å². The molecule has 0 N–H and O–H groups in total. The van der Waals surface area contributed by atoms with Crippen molar-refractivity contribution in [2.75, 3.05) is 7.11 Å². The summed E-state index contributed by atoms with van der Waals surface area (Å²) in [6.07, 6.45) is 6.37. The highest BCUT2D eigenvalue weighted by Crippen LogP contribution is 2.46. The van der Waals surface area contributed by atoms with Gasteiger partial charge in [-0.1, -0.05) is 44.0 Å². The smallest absolute Gasteiger partial charge is 0.266 e. The Bertz CT molecular complexity index is 861. The topological polar surface area (TPSA) is 9.23 Å². The molecular weight excluding hydrogens is 397 g/mol. The number of benzene rings is 2. The van der Waals surface area contributed by atoms with Gasteiger partial charge in [0.1, 0.15) is 11.6 Å². The van der Waals surface area contributed by atoms with Crippen LogP contribution in [0.25, 0.3) is 11.1 Å². The van der Waals surface area contributed by atoms with Crippen molar-refractivity contribution < 1.29 is 17.9 Å². The van der Waals surface area contributed by atoms with Gasteiger partial charge >= 0.3 is 0 Å². The average molecular weight is 431 g/mol. The fourth-order valence-electron chi connectivity index (χ4n) is 5.84. The molecule has 0 aliphatic heterocycles. The molecule has 1 nitrogen and oxygen atoms in total. The van der Waals surface area contributed by atoms with Gasteiger partial charge in [0.2, 0.25) is 0 Å². The normalized spacial score (nSPS) is 26.8. The van der Waals surface area contributed by atoms with Crippen LogP contribution in [0.5, 0.6) is 5.75 Å². The quantitative estimate of drug-likeness (QED) is 0.462. The van der Waals surface area contributed by atoms with Crippen LogP contribution in [-0.2, 0) is 0 Å².